The van der Waals surface area contributed by atoms with Gasteiger partial charge in [0, 0.05) is 12.0 Å². The van der Waals surface area contributed by atoms with Crippen LogP contribution in [0.15, 0.2) is 16.6 Å². The maximum atomic E-state index is 13.1. The predicted molar refractivity (Wildman–Crippen MR) is 49.6 cm³/mol. The maximum absolute atomic E-state index is 13.1. The second-order valence-electron chi connectivity index (χ2n) is 2.48. The molecule has 0 unspecified atom stereocenters. The number of nitrogens with two attached hydrogens (primary N) is 1. The summed E-state index contributed by atoms with van der Waals surface area (Å²) in [5.74, 6) is 4.24. The van der Waals surface area contributed by atoms with Crippen molar-refractivity contribution in [3.8, 4) is 5.75 Å². The van der Waals surface area contributed by atoms with E-state index in [4.69, 9.17) is 5.90 Å². The molecule has 0 atom stereocenters. The van der Waals surface area contributed by atoms with Gasteiger partial charge in [0.25, 0.3) is 0 Å². The van der Waals surface area contributed by atoms with Crippen LogP contribution in [0.1, 0.15) is 5.56 Å². The van der Waals surface area contributed by atoms with Gasteiger partial charge in [-0.1, -0.05) is 0 Å². The SMILES string of the molecule is NOCCc1c(F)ccc(Br)c1O. The molecule has 0 aromatic heterocycles. The Labute approximate surface area is 83.4 Å². The van der Waals surface area contributed by atoms with Crippen LogP contribution in [-0.2, 0) is 11.3 Å². The molecule has 0 aliphatic carbocycles. The van der Waals surface area contributed by atoms with Crippen molar-refractivity contribution in [1.82, 2.24) is 0 Å². The molecule has 0 spiro atoms. The Balaban J connectivity index is 2.96. The molecule has 0 aliphatic heterocycles. The number of hydrogen-bond donors (Lipinski definition) is 2. The van der Waals surface area contributed by atoms with Crippen LogP contribution >= 0.6 is 15.9 Å². The second-order valence-corrected chi connectivity index (χ2v) is 3.33. The lowest BCUT2D eigenvalue weighted by Gasteiger charge is -2.06. The summed E-state index contributed by atoms with van der Waals surface area (Å²) in [6.45, 7) is 0.168. The van der Waals surface area contributed by atoms with Crippen molar-refractivity contribution in [1.29, 1.82) is 0 Å². The summed E-state index contributed by atoms with van der Waals surface area (Å²) in [5, 5.41) is 9.42. The van der Waals surface area contributed by atoms with Crippen molar-refractivity contribution in [3.05, 3.63) is 28.0 Å². The first kappa shape index (κ1) is 10.4. The zero-order valence-corrected chi connectivity index (χ0v) is 8.34. The fraction of sp³-hybridized carbons (Fsp3) is 0.250. The third-order valence-electron chi connectivity index (χ3n) is 1.65. The number of phenols is 1. The quantitative estimate of drug-likeness (QED) is 0.803. The molecule has 0 saturated carbocycles. The fourth-order valence-electron chi connectivity index (χ4n) is 0.982. The van der Waals surface area contributed by atoms with E-state index in [9.17, 15) is 9.50 Å². The molecule has 3 nitrogen and oxygen atoms in total. The van der Waals surface area contributed by atoms with E-state index in [0.717, 1.165) is 0 Å². The second kappa shape index (κ2) is 4.55. The van der Waals surface area contributed by atoms with Gasteiger partial charge in [-0.15, -0.1) is 0 Å². The number of benzene rings is 1. The zero-order valence-electron chi connectivity index (χ0n) is 6.76. The minimum Gasteiger partial charge on any atom is -0.506 e. The first-order valence-electron chi connectivity index (χ1n) is 3.64. The van der Waals surface area contributed by atoms with Gasteiger partial charge in [0.05, 0.1) is 11.1 Å². The Morgan fingerprint density at radius 2 is 2.23 bits per heavy atom. The number of rotatable bonds is 3. The van der Waals surface area contributed by atoms with Crippen molar-refractivity contribution >= 4 is 15.9 Å². The Morgan fingerprint density at radius 3 is 2.85 bits per heavy atom. The van der Waals surface area contributed by atoms with E-state index in [2.05, 4.69) is 20.8 Å². The van der Waals surface area contributed by atoms with Crippen molar-refractivity contribution in [2.45, 2.75) is 6.42 Å². The molecule has 13 heavy (non-hydrogen) atoms. The standard InChI is InChI=1S/C8H9BrFNO2/c9-6-1-2-7(10)5(8(6)12)3-4-13-11/h1-2,12H,3-4,11H2. The van der Waals surface area contributed by atoms with Gasteiger partial charge >= 0.3 is 0 Å². The molecule has 5 heteroatoms. The number of phenolic OH excluding ortho intramolecular Hbond substituents is 1. The molecule has 1 aromatic rings. The monoisotopic (exact) mass is 249 g/mol. The van der Waals surface area contributed by atoms with Gasteiger partial charge in [0.2, 0.25) is 0 Å². The predicted octanol–water partition coefficient (Wildman–Crippen LogP) is 1.73. The molecular formula is C8H9BrFNO2. The summed E-state index contributed by atoms with van der Waals surface area (Å²) in [7, 11) is 0. The van der Waals surface area contributed by atoms with Crippen LogP contribution in [0.2, 0.25) is 0 Å². The lowest BCUT2D eigenvalue weighted by Crippen LogP contribution is -2.05. The average Bonchev–Trinajstić information content (AvgIpc) is 2.12. The molecular weight excluding hydrogens is 241 g/mol. The highest BCUT2D eigenvalue weighted by molar-refractivity contribution is 9.10. The summed E-state index contributed by atoms with van der Waals surface area (Å²) >= 11 is 3.08. The van der Waals surface area contributed by atoms with Gasteiger partial charge in [-0.25, -0.2) is 10.3 Å². The lowest BCUT2D eigenvalue weighted by molar-refractivity contribution is 0.140. The van der Waals surface area contributed by atoms with E-state index < -0.39 is 5.82 Å². The Morgan fingerprint density at radius 1 is 1.54 bits per heavy atom. The first-order valence-corrected chi connectivity index (χ1v) is 4.43. The van der Waals surface area contributed by atoms with Gasteiger partial charge in [-0.05, 0) is 28.1 Å². The van der Waals surface area contributed by atoms with Crippen LogP contribution in [0.5, 0.6) is 5.75 Å². The Bertz CT molecular complexity index is 306. The van der Waals surface area contributed by atoms with Gasteiger partial charge < -0.3 is 9.94 Å². The maximum Gasteiger partial charge on any atom is 0.135 e. The third-order valence-corrected chi connectivity index (χ3v) is 2.29. The van der Waals surface area contributed by atoms with Crippen LogP contribution in [0.3, 0.4) is 0 Å². The summed E-state index contributed by atoms with van der Waals surface area (Å²) in [5.41, 5.74) is 0.208. The molecule has 0 heterocycles. The largest absolute Gasteiger partial charge is 0.506 e. The molecule has 1 rings (SSSR count). The van der Waals surface area contributed by atoms with Gasteiger partial charge in [0.15, 0.2) is 0 Å². The van der Waals surface area contributed by atoms with Crippen molar-refractivity contribution in [3.63, 3.8) is 0 Å². The molecule has 0 amide bonds. The molecule has 1 aromatic carbocycles. The molecule has 0 aliphatic rings. The molecule has 3 N–H and O–H groups in total. The van der Waals surface area contributed by atoms with Gasteiger partial charge in [-0.2, -0.15) is 0 Å². The fourth-order valence-corrected chi connectivity index (χ4v) is 1.35. The lowest BCUT2D eigenvalue weighted by atomic mass is 10.1. The summed E-state index contributed by atoms with van der Waals surface area (Å²) in [6.07, 6.45) is 0.244. The number of halogens is 2. The average molecular weight is 250 g/mol. The molecule has 0 radical (unpaired) electrons. The highest BCUT2D eigenvalue weighted by Gasteiger charge is 2.10. The molecule has 72 valence electrons. The van der Waals surface area contributed by atoms with E-state index >= 15 is 0 Å². The normalized spacial score (nSPS) is 10.4. The third kappa shape index (κ3) is 2.40. The van der Waals surface area contributed by atoms with Crippen molar-refractivity contribution in [2.24, 2.45) is 5.90 Å². The smallest absolute Gasteiger partial charge is 0.135 e. The topological polar surface area (TPSA) is 55.5 Å². The Kier molecular flexibility index (Phi) is 3.65. The van der Waals surface area contributed by atoms with E-state index in [1.807, 2.05) is 0 Å². The Hall–Kier alpha value is -0.650. The summed E-state index contributed by atoms with van der Waals surface area (Å²) in [4.78, 5) is 4.30. The van der Waals surface area contributed by atoms with E-state index in [1.165, 1.54) is 12.1 Å². The van der Waals surface area contributed by atoms with Crippen LogP contribution < -0.4 is 5.90 Å². The molecule has 0 fully saturated rings. The van der Waals surface area contributed by atoms with E-state index in [0.29, 0.717) is 4.47 Å². The van der Waals surface area contributed by atoms with Crippen LogP contribution in [0, 0.1) is 5.82 Å². The number of hydrogen-bond acceptors (Lipinski definition) is 3. The minimum atomic E-state index is -0.460. The van der Waals surface area contributed by atoms with Crippen LogP contribution in [-0.4, -0.2) is 11.7 Å². The number of aromatic hydroxyl groups is 1. The van der Waals surface area contributed by atoms with Gasteiger partial charge in [0.1, 0.15) is 11.6 Å². The zero-order chi connectivity index (χ0) is 9.84. The highest BCUT2D eigenvalue weighted by atomic mass is 79.9. The minimum absolute atomic E-state index is 0.1000. The molecule has 0 bridgehead atoms. The van der Waals surface area contributed by atoms with Crippen LogP contribution in [0.25, 0.3) is 0 Å². The van der Waals surface area contributed by atoms with E-state index in [-0.39, 0.29) is 24.3 Å². The van der Waals surface area contributed by atoms with Crippen molar-refractivity contribution < 1.29 is 14.3 Å². The van der Waals surface area contributed by atoms with E-state index in [1.54, 1.807) is 0 Å². The van der Waals surface area contributed by atoms with Gasteiger partial charge in [-0.3, -0.25) is 0 Å². The summed E-state index contributed by atoms with van der Waals surface area (Å²) in [6, 6.07) is 2.72. The molecule has 0 saturated heterocycles. The first-order chi connectivity index (χ1) is 6.16. The van der Waals surface area contributed by atoms with Crippen LogP contribution in [0.4, 0.5) is 4.39 Å². The van der Waals surface area contributed by atoms with Crippen molar-refractivity contribution in [2.75, 3.05) is 6.61 Å². The summed E-state index contributed by atoms with van der Waals surface area (Å²) < 4.78 is 13.5. The highest BCUT2D eigenvalue weighted by Crippen LogP contribution is 2.29.